The first-order valence-electron chi connectivity index (χ1n) is 12.4. The van der Waals surface area contributed by atoms with Crippen LogP contribution in [-0.2, 0) is 9.59 Å². The maximum absolute atomic E-state index is 10.3. The lowest BCUT2D eigenvalue weighted by Gasteiger charge is -2.12. The Labute approximate surface area is 222 Å². The molecule has 1 aliphatic carbocycles. The molecule has 5 aromatic rings. The van der Waals surface area contributed by atoms with Crippen molar-refractivity contribution in [1.29, 1.82) is 0 Å². The number of benzene rings is 5. The van der Waals surface area contributed by atoms with Crippen molar-refractivity contribution in [2.24, 2.45) is 0 Å². The number of fused-ring (bicyclic) bond motifs is 3. The van der Waals surface area contributed by atoms with Crippen LogP contribution in [0.25, 0.3) is 56.0 Å². The van der Waals surface area contributed by atoms with Gasteiger partial charge in [-0.2, -0.15) is 0 Å². The van der Waals surface area contributed by atoms with Gasteiger partial charge in [0.05, 0.1) is 0 Å². The summed E-state index contributed by atoms with van der Waals surface area (Å²) in [5.41, 5.74) is 7.14. The van der Waals surface area contributed by atoms with Crippen LogP contribution in [0.4, 0.5) is 0 Å². The van der Waals surface area contributed by atoms with Crippen LogP contribution in [0.15, 0.2) is 135 Å². The molecule has 0 N–H and O–H groups in total. The Morgan fingerprint density at radius 3 is 1.24 bits per heavy atom. The van der Waals surface area contributed by atoms with Crippen molar-refractivity contribution >= 4 is 45.3 Å². The Balaban J connectivity index is 0.000000316. The highest BCUT2D eigenvalue weighted by Gasteiger charge is 2.09. The molecule has 0 amide bonds. The smallest absolute Gasteiger partial charge is 0.178 e. The molecule has 5 aromatic carbocycles. The molecule has 0 fully saturated rings. The number of carbonyl (C=O) groups excluding carboxylic acids is 2. The number of hydrogen-bond donors (Lipinski definition) is 0. The Morgan fingerprint density at radius 1 is 0.474 bits per heavy atom. The van der Waals surface area contributed by atoms with E-state index in [1.165, 1.54) is 68.1 Å². The van der Waals surface area contributed by atoms with Gasteiger partial charge in [-0.15, -0.1) is 0 Å². The van der Waals surface area contributed by atoms with Gasteiger partial charge in [0.2, 0.25) is 0 Å². The van der Waals surface area contributed by atoms with Crippen LogP contribution in [0, 0.1) is 0 Å². The number of carbonyl (C=O) groups is 2. The molecule has 0 heterocycles. The van der Waals surface area contributed by atoms with Gasteiger partial charge < -0.3 is 0 Å². The predicted molar refractivity (Wildman–Crippen MR) is 161 cm³/mol. The van der Waals surface area contributed by atoms with Crippen molar-refractivity contribution in [2.45, 2.75) is 0 Å². The van der Waals surface area contributed by atoms with Gasteiger partial charge in [-0.1, -0.05) is 110 Å². The lowest BCUT2D eigenvalue weighted by Crippen LogP contribution is -1.97. The molecule has 0 aromatic heterocycles. The van der Waals surface area contributed by atoms with Gasteiger partial charge in [-0.05, 0) is 91.4 Å². The monoisotopic (exact) mass is 490 g/mol. The molecule has 0 saturated carbocycles. The normalized spacial score (nSPS) is 12.3. The minimum atomic E-state index is -0.121. The van der Waals surface area contributed by atoms with E-state index in [0.717, 1.165) is 11.1 Å². The zero-order chi connectivity index (χ0) is 26.5. The predicted octanol–water partition coefficient (Wildman–Crippen LogP) is 8.86. The summed E-state index contributed by atoms with van der Waals surface area (Å²) < 4.78 is 0. The molecule has 0 bridgehead atoms. The van der Waals surface area contributed by atoms with E-state index in [4.69, 9.17) is 0 Å². The summed E-state index contributed by atoms with van der Waals surface area (Å²) in [6.07, 6.45) is 8.86. The molecular formula is C36H26O2. The third-order valence-electron chi connectivity index (χ3n) is 6.65. The summed E-state index contributed by atoms with van der Waals surface area (Å²) >= 11 is 0. The molecule has 38 heavy (non-hydrogen) atoms. The van der Waals surface area contributed by atoms with Gasteiger partial charge in [0.15, 0.2) is 11.6 Å². The molecule has 6 rings (SSSR count). The van der Waals surface area contributed by atoms with E-state index in [-0.39, 0.29) is 11.6 Å². The summed E-state index contributed by atoms with van der Waals surface area (Å²) in [4.78, 5) is 20.6. The SMILES string of the molecule is C=Cc1ccccc1-c1ccc2ccc3ccc(-c4ccccc4C=C)cc3c2c1.O=C1C=CC(=O)C=C1. The Kier molecular flexibility index (Phi) is 7.06. The molecule has 0 unspecified atom stereocenters. The van der Waals surface area contributed by atoms with E-state index in [9.17, 15) is 9.59 Å². The lowest BCUT2D eigenvalue weighted by molar-refractivity contribution is -0.113. The Hall–Kier alpha value is -5.08. The Bertz CT molecular complexity index is 1630. The van der Waals surface area contributed by atoms with Gasteiger partial charge in [0, 0.05) is 0 Å². The largest absolute Gasteiger partial charge is 0.290 e. The number of hydrogen-bond acceptors (Lipinski definition) is 2. The van der Waals surface area contributed by atoms with Crippen molar-refractivity contribution in [1.82, 2.24) is 0 Å². The van der Waals surface area contributed by atoms with Gasteiger partial charge in [0.1, 0.15) is 0 Å². The van der Waals surface area contributed by atoms with Crippen molar-refractivity contribution in [3.63, 3.8) is 0 Å². The minimum Gasteiger partial charge on any atom is -0.290 e. The Morgan fingerprint density at radius 2 is 0.842 bits per heavy atom. The van der Waals surface area contributed by atoms with E-state index in [1.807, 2.05) is 12.2 Å². The lowest BCUT2D eigenvalue weighted by atomic mass is 9.92. The van der Waals surface area contributed by atoms with E-state index >= 15 is 0 Å². The van der Waals surface area contributed by atoms with E-state index in [1.54, 1.807) is 0 Å². The van der Waals surface area contributed by atoms with Crippen LogP contribution < -0.4 is 0 Å². The standard InChI is InChI=1S/C30H22.C6H4O2/c1-3-21-9-5-7-11-27(21)25-17-15-23-13-14-24-16-18-26(20-30(24)29(23)19-25)28-12-8-6-10-22(28)4-2;7-5-1-2-6(8)4-3-5/h3-20H,1-2H2;1-4H. The minimum absolute atomic E-state index is 0.121. The second kappa shape index (κ2) is 10.9. The van der Waals surface area contributed by atoms with E-state index in [0.29, 0.717) is 0 Å². The molecule has 0 aliphatic heterocycles. The average Bonchev–Trinajstić information content (AvgIpc) is 2.98. The summed E-state index contributed by atoms with van der Waals surface area (Å²) in [6, 6.07) is 34.7. The van der Waals surface area contributed by atoms with Crippen LogP contribution in [0.5, 0.6) is 0 Å². The second-order valence-corrected chi connectivity index (χ2v) is 8.99. The maximum Gasteiger partial charge on any atom is 0.178 e. The molecule has 0 spiro atoms. The molecule has 2 heteroatoms. The summed E-state index contributed by atoms with van der Waals surface area (Å²) in [5, 5.41) is 5.02. The highest BCUT2D eigenvalue weighted by atomic mass is 16.1. The first kappa shape index (κ1) is 24.6. The van der Waals surface area contributed by atoms with Crippen LogP contribution in [0.1, 0.15) is 11.1 Å². The average molecular weight is 491 g/mol. The zero-order valence-corrected chi connectivity index (χ0v) is 20.9. The highest BCUT2D eigenvalue weighted by Crippen LogP contribution is 2.34. The van der Waals surface area contributed by atoms with Gasteiger partial charge in [-0.3, -0.25) is 9.59 Å². The first-order valence-corrected chi connectivity index (χ1v) is 12.4. The summed E-state index contributed by atoms with van der Waals surface area (Å²) in [6.45, 7) is 7.97. The third kappa shape index (κ3) is 5.07. The zero-order valence-electron chi connectivity index (χ0n) is 20.9. The molecule has 0 saturated heterocycles. The van der Waals surface area contributed by atoms with Crippen LogP contribution in [-0.4, -0.2) is 11.6 Å². The van der Waals surface area contributed by atoms with Crippen LogP contribution >= 0.6 is 0 Å². The fourth-order valence-corrected chi connectivity index (χ4v) is 4.70. The van der Waals surface area contributed by atoms with Crippen LogP contribution in [0.2, 0.25) is 0 Å². The van der Waals surface area contributed by atoms with Crippen molar-refractivity contribution in [3.05, 3.63) is 146 Å². The number of rotatable bonds is 4. The molecule has 0 radical (unpaired) electrons. The molecule has 1 aliphatic rings. The quantitative estimate of drug-likeness (QED) is 0.186. The summed E-state index contributed by atoms with van der Waals surface area (Å²) in [7, 11) is 0. The van der Waals surface area contributed by atoms with E-state index < -0.39 is 0 Å². The molecule has 2 nitrogen and oxygen atoms in total. The van der Waals surface area contributed by atoms with Gasteiger partial charge in [0.25, 0.3) is 0 Å². The third-order valence-corrected chi connectivity index (χ3v) is 6.65. The summed E-state index contributed by atoms with van der Waals surface area (Å²) in [5.74, 6) is -0.241. The van der Waals surface area contributed by atoms with E-state index in [2.05, 4.69) is 110 Å². The fraction of sp³-hybridized carbons (Fsp3) is 0. The van der Waals surface area contributed by atoms with Crippen LogP contribution in [0.3, 0.4) is 0 Å². The fourth-order valence-electron chi connectivity index (χ4n) is 4.70. The number of ketones is 2. The maximum atomic E-state index is 10.3. The van der Waals surface area contributed by atoms with Crippen molar-refractivity contribution in [2.75, 3.05) is 0 Å². The van der Waals surface area contributed by atoms with Crippen molar-refractivity contribution in [3.8, 4) is 22.3 Å². The second-order valence-electron chi connectivity index (χ2n) is 8.99. The molecular weight excluding hydrogens is 464 g/mol. The highest BCUT2D eigenvalue weighted by molar-refractivity contribution is 6.14. The van der Waals surface area contributed by atoms with Crippen molar-refractivity contribution < 1.29 is 9.59 Å². The molecule has 182 valence electrons. The topological polar surface area (TPSA) is 34.1 Å². The molecule has 0 atom stereocenters. The first-order chi connectivity index (χ1) is 18.6. The van der Waals surface area contributed by atoms with Gasteiger partial charge >= 0.3 is 0 Å². The number of allylic oxidation sites excluding steroid dienone is 4. The van der Waals surface area contributed by atoms with Gasteiger partial charge in [-0.25, -0.2) is 0 Å².